The van der Waals surface area contributed by atoms with E-state index in [9.17, 15) is 0 Å². The monoisotopic (exact) mass is 150 g/mol. The predicted molar refractivity (Wildman–Crippen MR) is 31.7 cm³/mol. The van der Waals surface area contributed by atoms with Gasteiger partial charge in [-0.3, -0.25) is 0 Å². The molecular weight excluding hydrogens is 148 g/mol. The van der Waals surface area contributed by atoms with Crippen LogP contribution >= 0.6 is 28.1 Å². The van der Waals surface area contributed by atoms with Crippen molar-refractivity contribution in [3.8, 4) is 0 Å². The lowest BCUT2D eigenvalue weighted by Crippen LogP contribution is -1.41. The second-order valence-electron chi connectivity index (χ2n) is 0.455. The van der Waals surface area contributed by atoms with E-state index >= 15 is 0 Å². The first kappa shape index (κ1) is 5.31. The molecule has 0 fully saturated rings. The van der Waals surface area contributed by atoms with Crippen molar-refractivity contribution in [3.63, 3.8) is 0 Å². The van der Waals surface area contributed by atoms with E-state index in [0.29, 0.717) is 0 Å². The molecule has 5 heavy (non-hydrogen) atoms. The Balaban J connectivity index is 2.92. The lowest BCUT2D eigenvalue weighted by Gasteiger charge is -1.52. The number of halogens is 1. The van der Waals surface area contributed by atoms with Crippen LogP contribution in [0.4, 0.5) is 0 Å². The highest BCUT2D eigenvalue weighted by molar-refractivity contribution is 9.11. The molecule has 0 aliphatic rings. The highest BCUT2D eigenvalue weighted by atomic mass is 79.9. The van der Waals surface area contributed by atoms with Crippen LogP contribution in [0, 0.1) is 0 Å². The van der Waals surface area contributed by atoms with E-state index in [1.807, 2.05) is 0 Å². The fourth-order valence-corrected chi connectivity index (χ4v) is 0.463. The third kappa shape index (κ3) is 4.31. The van der Waals surface area contributed by atoms with Gasteiger partial charge >= 0.3 is 0 Å². The van der Waals surface area contributed by atoms with Gasteiger partial charge in [-0.25, -0.2) is 0 Å². The third-order valence-corrected chi connectivity index (χ3v) is 0.614. The Morgan fingerprint density at radius 2 is 2.20 bits per heavy atom. The van der Waals surface area contributed by atoms with Gasteiger partial charge in [0.1, 0.15) is 0 Å². The number of rotatable bonds is 1. The zero-order chi connectivity index (χ0) is 4.12. The Morgan fingerprint density at radius 1 is 1.60 bits per heavy atom. The van der Waals surface area contributed by atoms with Gasteiger partial charge in [0.25, 0.3) is 0 Å². The fourth-order valence-electron chi connectivity index (χ4n) is 0.0297. The molecule has 0 heterocycles. The van der Waals surface area contributed by atoms with Crippen LogP contribution < -0.4 is 0 Å². The van der Waals surface area contributed by atoms with E-state index in [2.05, 4.69) is 28.1 Å². The topological polar surface area (TPSA) is 0 Å². The maximum atomic E-state index is 4.41. The SMILES string of the molecule is S=CC=CBr. The number of allylic oxidation sites excluding steroid dienone is 1. The standard InChI is InChI=1S/C3H3BrS/c4-2-1-3-5/h1-3H. The minimum Gasteiger partial charge on any atom is -0.0887 e. The Morgan fingerprint density at radius 3 is 2.20 bits per heavy atom. The normalized spacial score (nSPS) is 9.00. The minimum atomic E-state index is 1.54. The summed E-state index contributed by atoms with van der Waals surface area (Å²) >= 11 is 7.44. The van der Waals surface area contributed by atoms with E-state index in [0.717, 1.165) is 0 Å². The quantitative estimate of drug-likeness (QED) is 0.407. The van der Waals surface area contributed by atoms with Crippen molar-refractivity contribution in [1.29, 1.82) is 0 Å². The van der Waals surface area contributed by atoms with Crippen LogP contribution in [0.15, 0.2) is 11.1 Å². The molecule has 0 N–H and O–H groups in total. The predicted octanol–water partition coefficient (Wildman–Crippen LogP) is 1.89. The van der Waals surface area contributed by atoms with Crippen molar-refractivity contribution >= 4 is 33.5 Å². The molecule has 0 rings (SSSR count). The Hall–Kier alpha value is 0.310. The van der Waals surface area contributed by atoms with Gasteiger partial charge in [-0.05, 0) is 11.1 Å². The molecule has 0 aliphatic heterocycles. The molecular formula is C3H3BrS. The Bertz CT molecular complexity index is 48.9. The van der Waals surface area contributed by atoms with Crippen molar-refractivity contribution in [1.82, 2.24) is 0 Å². The second-order valence-corrected chi connectivity index (χ2v) is 1.26. The van der Waals surface area contributed by atoms with Gasteiger partial charge in [-0.1, -0.05) is 28.1 Å². The first-order chi connectivity index (χ1) is 2.41. The fraction of sp³-hybridized carbons (Fsp3) is 0. The summed E-state index contributed by atoms with van der Waals surface area (Å²) in [5, 5.41) is 1.54. The average Bonchev–Trinajstić information content (AvgIpc) is 1.41. The third-order valence-electron chi connectivity index (χ3n) is 0.151. The molecule has 0 aromatic heterocycles. The van der Waals surface area contributed by atoms with Crippen LogP contribution in [0.1, 0.15) is 0 Å². The van der Waals surface area contributed by atoms with Crippen LogP contribution in [0.25, 0.3) is 0 Å². The van der Waals surface area contributed by atoms with Crippen molar-refractivity contribution in [3.05, 3.63) is 11.1 Å². The van der Waals surface area contributed by atoms with Crippen LogP contribution in [0.3, 0.4) is 0 Å². The summed E-state index contributed by atoms with van der Waals surface area (Å²) in [4.78, 5) is 1.71. The summed E-state index contributed by atoms with van der Waals surface area (Å²) in [7, 11) is 0. The molecule has 28 valence electrons. The molecule has 0 amide bonds. The van der Waals surface area contributed by atoms with Crippen molar-refractivity contribution in [2.24, 2.45) is 0 Å². The summed E-state index contributed by atoms with van der Waals surface area (Å²) in [5.74, 6) is 0. The number of hydrogen-bond acceptors (Lipinski definition) is 1. The Labute approximate surface area is 45.0 Å². The molecule has 0 saturated heterocycles. The van der Waals surface area contributed by atoms with Crippen LogP contribution in [-0.4, -0.2) is 5.37 Å². The van der Waals surface area contributed by atoms with Gasteiger partial charge in [0.05, 0.1) is 0 Å². The van der Waals surface area contributed by atoms with Gasteiger partial charge in [-0.2, -0.15) is 0 Å². The summed E-state index contributed by atoms with van der Waals surface area (Å²) < 4.78 is 0. The van der Waals surface area contributed by atoms with Gasteiger partial charge in [0.15, 0.2) is 0 Å². The van der Waals surface area contributed by atoms with Crippen molar-refractivity contribution in [2.75, 3.05) is 0 Å². The van der Waals surface area contributed by atoms with Gasteiger partial charge in [-0.15, -0.1) is 0 Å². The minimum absolute atomic E-state index is 1.54. The van der Waals surface area contributed by atoms with Crippen molar-refractivity contribution in [2.45, 2.75) is 0 Å². The number of thiocarbonyl (C=S) groups is 1. The van der Waals surface area contributed by atoms with Gasteiger partial charge in [0, 0.05) is 5.37 Å². The average molecular weight is 151 g/mol. The number of hydrogen-bond donors (Lipinski definition) is 0. The maximum absolute atomic E-state index is 4.41. The molecule has 0 nitrogen and oxygen atoms in total. The van der Waals surface area contributed by atoms with E-state index in [4.69, 9.17) is 0 Å². The highest BCUT2D eigenvalue weighted by Crippen LogP contribution is 1.76. The smallest absolute Gasteiger partial charge is 0.00187 e. The second kappa shape index (κ2) is 4.31. The molecule has 0 atom stereocenters. The maximum Gasteiger partial charge on any atom is 0.00187 e. The lowest BCUT2D eigenvalue weighted by molar-refractivity contribution is 2.51. The van der Waals surface area contributed by atoms with Crippen LogP contribution in [-0.2, 0) is 0 Å². The summed E-state index contributed by atoms with van der Waals surface area (Å²) in [6, 6.07) is 0. The molecule has 0 aromatic rings. The molecule has 0 aliphatic carbocycles. The van der Waals surface area contributed by atoms with E-state index in [1.165, 1.54) is 5.37 Å². The first-order valence-corrected chi connectivity index (χ1v) is 2.51. The van der Waals surface area contributed by atoms with Crippen LogP contribution in [0.2, 0.25) is 0 Å². The zero-order valence-corrected chi connectivity index (χ0v) is 4.92. The highest BCUT2D eigenvalue weighted by Gasteiger charge is 1.46. The van der Waals surface area contributed by atoms with E-state index < -0.39 is 0 Å². The summed E-state index contributed by atoms with van der Waals surface area (Å²) in [5.41, 5.74) is 0. The molecule has 0 bridgehead atoms. The molecule has 0 aromatic carbocycles. The molecule has 0 unspecified atom stereocenters. The molecule has 0 radical (unpaired) electrons. The Kier molecular flexibility index (Phi) is 4.58. The van der Waals surface area contributed by atoms with Gasteiger partial charge < -0.3 is 0 Å². The van der Waals surface area contributed by atoms with Gasteiger partial charge in [0.2, 0.25) is 0 Å². The first-order valence-electron chi connectivity index (χ1n) is 1.12. The largest absolute Gasteiger partial charge is 0.0887 e. The summed E-state index contributed by atoms with van der Waals surface area (Å²) in [6.07, 6.45) is 1.73. The molecule has 0 spiro atoms. The zero-order valence-electron chi connectivity index (χ0n) is 2.52. The van der Waals surface area contributed by atoms with Crippen molar-refractivity contribution < 1.29 is 0 Å². The van der Waals surface area contributed by atoms with E-state index in [-0.39, 0.29) is 0 Å². The lowest BCUT2D eigenvalue weighted by atomic mass is 10.8. The molecule has 2 heteroatoms. The van der Waals surface area contributed by atoms with E-state index in [1.54, 1.807) is 11.1 Å². The molecule has 0 saturated carbocycles. The van der Waals surface area contributed by atoms with Crippen LogP contribution in [0.5, 0.6) is 0 Å². The summed E-state index contributed by atoms with van der Waals surface area (Å²) in [6.45, 7) is 0.